The minimum absolute atomic E-state index is 0.00442. The van der Waals surface area contributed by atoms with Gasteiger partial charge >= 0.3 is 17.7 Å². The number of benzene rings is 1. The average Bonchev–Trinajstić information content (AvgIpc) is 2.65. The Balaban J connectivity index is 2.76. The molecule has 0 aliphatic carbocycles. The average molecular weight is 407 g/mol. The highest BCUT2D eigenvalue weighted by molar-refractivity contribution is 5.95. The minimum Gasteiger partial charge on any atom is -0.496 e. The summed E-state index contributed by atoms with van der Waals surface area (Å²) in [7, 11) is 2.68. The number of rotatable bonds is 7. The van der Waals surface area contributed by atoms with E-state index in [4.69, 9.17) is 14.2 Å². The Hall–Kier alpha value is -3.30. The molecule has 0 radical (unpaired) electrons. The molecule has 1 unspecified atom stereocenters. The first kappa shape index (κ1) is 22.0. The van der Waals surface area contributed by atoms with Crippen molar-refractivity contribution >= 4 is 17.7 Å². The lowest BCUT2D eigenvalue weighted by atomic mass is 9.90. The van der Waals surface area contributed by atoms with Crippen LogP contribution < -0.4 is 20.1 Å². The fourth-order valence-corrected chi connectivity index (χ4v) is 3.05. The molecule has 2 rings (SSSR count). The van der Waals surface area contributed by atoms with Crippen molar-refractivity contribution in [3.05, 3.63) is 39.1 Å². The summed E-state index contributed by atoms with van der Waals surface area (Å²) in [5, 5.41) is 16.8. The molecule has 158 valence electrons. The summed E-state index contributed by atoms with van der Waals surface area (Å²) in [4.78, 5) is 36.1. The zero-order chi connectivity index (χ0) is 21.9. The second kappa shape index (κ2) is 8.80. The van der Waals surface area contributed by atoms with Crippen LogP contribution in [0.15, 0.2) is 23.4 Å². The van der Waals surface area contributed by atoms with Gasteiger partial charge < -0.3 is 24.8 Å². The number of hydrogen-bond donors (Lipinski definition) is 2. The molecular formula is C19H25N3O7. The number of amides is 2. The second-order valence-electron chi connectivity index (χ2n) is 6.99. The molecule has 1 heterocycles. The molecule has 1 atom stereocenters. The first-order chi connectivity index (χ1) is 13.6. The molecule has 1 aromatic rings. The van der Waals surface area contributed by atoms with Gasteiger partial charge in [0, 0.05) is 23.4 Å². The van der Waals surface area contributed by atoms with Crippen LogP contribution in [0.5, 0.6) is 11.5 Å². The Labute approximate surface area is 168 Å². The van der Waals surface area contributed by atoms with Crippen molar-refractivity contribution in [3.63, 3.8) is 0 Å². The van der Waals surface area contributed by atoms with Crippen molar-refractivity contribution in [3.8, 4) is 11.5 Å². The number of urea groups is 1. The Morgan fingerprint density at radius 1 is 1.14 bits per heavy atom. The third-order valence-electron chi connectivity index (χ3n) is 4.28. The molecule has 0 saturated heterocycles. The zero-order valence-electron chi connectivity index (χ0n) is 17.2. The van der Waals surface area contributed by atoms with Crippen molar-refractivity contribution in [2.75, 3.05) is 14.2 Å². The van der Waals surface area contributed by atoms with Crippen molar-refractivity contribution < 1.29 is 28.7 Å². The number of methoxy groups -OCH3 is 2. The molecular weight excluding hydrogens is 382 g/mol. The molecule has 29 heavy (non-hydrogen) atoms. The third-order valence-corrected chi connectivity index (χ3v) is 4.28. The molecule has 0 saturated carbocycles. The molecule has 0 spiro atoms. The van der Waals surface area contributed by atoms with E-state index in [1.165, 1.54) is 26.4 Å². The molecule has 10 heteroatoms. The van der Waals surface area contributed by atoms with Crippen LogP contribution >= 0.6 is 0 Å². The van der Waals surface area contributed by atoms with Gasteiger partial charge in [-0.25, -0.2) is 9.59 Å². The van der Waals surface area contributed by atoms with E-state index in [-0.39, 0.29) is 34.2 Å². The van der Waals surface area contributed by atoms with Crippen LogP contribution in [0.1, 0.15) is 39.3 Å². The molecule has 2 amide bonds. The maximum absolute atomic E-state index is 12.9. The van der Waals surface area contributed by atoms with Crippen LogP contribution in [0.4, 0.5) is 10.5 Å². The van der Waals surface area contributed by atoms with E-state index < -0.39 is 29.1 Å². The van der Waals surface area contributed by atoms with E-state index >= 15 is 0 Å². The van der Waals surface area contributed by atoms with E-state index in [1.807, 2.05) is 13.8 Å². The largest absolute Gasteiger partial charge is 0.496 e. The highest BCUT2D eigenvalue weighted by Crippen LogP contribution is 2.41. The number of nitrogens with one attached hydrogen (secondary N) is 2. The third kappa shape index (κ3) is 4.58. The lowest BCUT2D eigenvalue weighted by molar-refractivity contribution is -0.385. The molecule has 0 aromatic heterocycles. The number of nitrogens with zero attached hydrogens (tertiary/aromatic N) is 1. The lowest BCUT2D eigenvalue weighted by Gasteiger charge is -2.32. The predicted molar refractivity (Wildman–Crippen MR) is 104 cm³/mol. The monoisotopic (exact) mass is 407 g/mol. The summed E-state index contributed by atoms with van der Waals surface area (Å²) in [6, 6.07) is 1.03. The molecule has 1 aliphatic heterocycles. The van der Waals surface area contributed by atoms with Gasteiger partial charge in [0.25, 0.3) is 0 Å². The van der Waals surface area contributed by atoms with E-state index in [0.717, 1.165) is 0 Å². The Morgan fingerprint density at radius 3 is 2.24 bits per heavy atom. The van der Waals surface area contributed by atoms with Crippen molar-refractivity contribution in [2.45, 2.75) is 39.8 Å². The predicted octanol–water partition coefficient (Wildman–Crippen LogP) is 2.83. The number of ether oxygens (including phenoxy) is 3. The maximum Gasteiger partial charge on any atom is 0.338 e. The number of nitro groups is 1. The normalized spacial score (nSPS) is 16.4. The van der Waals surface area contributed by atoms with Crippen LogP contribution in [0.2, 0.25) is 0 Å². The van der Waals surface area contributed by atoms with Crippen LogP contribution in [0.3, 0.4) is 0 Å². The van der Waals surface area contributed by atoms with Crippen LogP contribution in [0, 0.1) is 16.0 Å². The van der Waals surface area contributed by atoms with Crippen molar-refractivity contribution in [1.29, 1.82) is 0 Å². The molecule has 0 fully saturated rings. The van der Waals surface area contributed by atoms with E-state index in [1.54, 1.807) is 13.8 Å². The van der Waals surface area contributed by atoms with Gasteiger partial charge in [-0.05, 0) is 19.8 Å². The van der Waals surface area contributed by atoms with E-state index in [0.29, 0.717) is 5.70 Å². The number of carbonyl (C=O) groups is 2. The van der Waals surface area contributed by atoms with Gasteiger partial charge in [0.15, 0.2) is 0 Å². The van der Waals surface area contributed by atoms with Crippen molar-refractivity contribution in [1.82, 2.24) is 10.6 Å². The molecule has 0 bridgehead atoms. The number of nitro benzene ring substituents is 1. The quantitative estimate of drug-likeness (QED) is 0.404. The summed E-state index contributed by atoms with van der Waals surface area (Å²) in [5.74, 6) is -0.632. The SMILES string of the molecule is COc1cc(OC)c([N+](=O)[O-])cc1C1NC(=O)NC(C(C)C)=C1C(=O)OC(C)C. The maximum atomic E-state index is 12.9. The Kier molecular flexibility index (Phi) is 6.68. The number of esters is 1. The lowest BCUT2D eigenvalue weighted by Crippen LogP contribution is -2.47. The molecule has 10 nitrogen and oxygen atoms in total. The summed E-state index contributed by atoms with van der Waals surface area (Å²) in [6.45, 7) is 7.04. The topological polar surface area (TPSA) is 129 Å². The molecule has 1 aliphatic rings. The highest BCUT2D eigenvalue weighted by Gasteiger charge is 2.38. The summed E-state index contributed by atoms with van der Waals surface area (Å²) in [5.41, 5.74) is 0.457. The van der Waals surface area contributed by atoms with Crippen LogP contribution in [-0.4, -0.2) is 37.2 Å². The Bertz CT molecular complexity index is 862. The van der Waals surface area contributed by atoms with Crippen LogP contribution in [-0.2, 0) is 9.53 Å². The Morgan fingerprint density at radius 2 is 1.76 bits per heavy atom. The summed E-state index contributed by atoms with van der Waals surface area (Å²) >= 11 is 0. The van der Waals surface area contributed by atoms with Gasteiger partial charge in [0.05, 0.1) is 36.9 Å². The summed E-state index contributed by atoms with van der Waals surface area (Å²) in [6.07, 6.45) is -0.395. The minimum atomic E-state index is -1.01. The smallest absolute Gasteiger partial charge is 0.338 e. The van der Waals surface area contributed by atoms with Gasteiger partial charge in [-0.15, -0.1) is 0 Å². The number of carbonyl (C=O) groups excluding carboxylic acids is 2. The first-order valence-electron chi connectivity index (χ1n) is 9.03. The number of allylic oxidation sites excluding steroid dienone is 1. The van der Waals surface area contributed by atoms with E-state index in [2.05, 4.69) is 10.6 Å². The fourth-order valence-electron chi connectivity index (χ4n) is 3.05. The first-order valence-corrected chi connectivity index (χ1v) is 9.03. The highest BCUT2D eigenvalue weighted by atomic mass is 16.6. The van der Waals surface area contributed by atoms with Gasteiger partial charge in [-0.1, -0.05) is 13.8 Å². The standard InChI is InChI=1S/C19H25N3O7/c1-9(2)16-15(18(23)29-10(3)4)17(21-19(24)20-16)11-7-12(22(25)26)14(28-6)8-13(11)27-5/h7-10,17H,1-6H3,(H2,20,21,24). The summed E-state index contributed by atoms with van der Waals surface area (Å²) < 4.78 is 15.8. The number of hydrogen-bond acceptors (Lipinski definition) is 7. The zero-order valence-corrected chi connectivity index (χ0v) is 17.2. The van der Waals surface area contributed by atoms with E-state index in [9.17, 15) is 19.7 Å². The molecule has 2 N–H and O–H groups in total. The molecule has 1 aromatic carbocycles. The van der Waals surface area contributed by atoms with Crippen LogP contribution in [0.25, 0.3) is 0 Å². The van der Waals surface area contributed by atoms with Gasteiger partial charge in [0.2, 0.25) is 5.75 Å². The van der Waals surface area contributed by atoms with Gasteiger partial charge in [0.1, 0.15) is 5.75 Å². The second-order valence-corrected chi connectivity index (χ2v) is 6.99. The fraction of sp³-hybridized carbons (Fsp3) is 0.474. The van der Waals surface area contributed by atoms with Crippen molar-refractivity contribution in [2.24, 2.45) is 5.92 Å². The van der Waals surface area contributed by atoms with Gasteiger partial charge in [-0.3, -0.25) is 10.1 Å². The van der Waals surface area contributed by atoms with Gasteiger partial charge in [-0.2, -0.15) is 0 Å².